The second kappa shape index (κ2) is 11.7. The van der Waals surface area contributed by atoms with E-state index in [2.05, 4.69) is 5.32 Å². The van der Waals surface area contributed by atoms with Crippen molar-refractivity contribution in [2.24, 2.45) is 5.92 Å². The van der Waals surface area contributed by atoms with Crippen LogP contribution in [0.1, 0.15) is 21.9 Å². The quantitative estimate of drug-likeness (QED) is 0.267. The maximum atomic E-state index is 14.1. The fourth-order valence-electron chi connectivity index (χ4n) is 5.67. The Morgan fingerprint density at radius 1 is 0.911 bits per heavy atom. The molecule has 0 bridgehead atoms. The number of hydrogen-bond acceptors (Lipinski definition) is 8. The van der Waals surface area contributed by atoms with Crippen LogP contribution < -0.4 is 24.6 Å². The zero-order chi connectivity index (χ0) is 32.0. The molecule has 3 aromatic carbocycles. The molecule has 1 saturated heterocycles. The molecule has 3 heterocycles. The van der Waals surface area contributed by atoms with Crippen molar-refractivity contribution in [3.63, 3.8) is 0 Å². The Labute approximate surface area is 262 Å². The van der Waals surface area contributed by atoms with Gasteiger partial charge in [-0.1, -0.05) is 59.5 Å². The fraction of sp³-hybridized carbons (Fsp3) is 0.226. The number of anilines is 2. The number of carbonyl (C=O) groups is 3. The van der Waals surface area contributed by atoms with Gasteiger partial charge in [0.2, 0.25) is 17.7 Å². The molecule has 0 aliphatic carbocycles. The number of aromatic nitrogens is 1. The van der Waals surface area contributed by atoms with Gasteiger partial charge >= 0.3 is 11.0 Å². The molecule has 2 unspecified atom stereocenters. The minimum atomic E-state index is -4.83. The number of fused-ring (bicyclic) bond motifs is 2. The van der Waals surface area contributed by atoms with Crippen LogP contribution in [0.4, 0.5) is 24.5 Å². The van der Waals surface area contributed by atoms with Crippen LogP contribution >= 0.6 is 23.1 Å². The first-order chi connectivity index (χ1) is 21.5. The van der Waals surface area contributed by atoms with Gasteiger partial charge in [-0.3, -0.25) is 23.7 Å². The molecule has 14 heteroatoms. The summed E-state index contributed by atoms with van der Waals surface area (Å²) in [5.41, 5.74) is -0.684. The first-order valence-corrected chi connectivity index (χ1v) is 15.2. The minimum Gasteiger partial charge on any atom is -0.493 e. The molecule has 1 fully saturated rings. The Kier molecular flexibility index (Phi) is 7.95. The highest BCUT2D eigenvalue weighted by atomic mass is 32.2. The Hall–Kier alpha value is -4.56. The van der Waals surface area contributed by atoms with Gasteiger partial charge in [-0.15, -0.1) is 0 Å². The summed E-state index contributed by atoms with van der Waals surface area (Å²) < 4.78 is 54.1. The SMILES string of the molecule is COc1ccc([C@H]2c3sc(=O)n(CC(=O)Nc4ccccc4)c3SC3C(=O)N(c4ccccc4C(F)(F)F)C(=O)C32)cc1OC. The second-order valence-corrected chi connectivity index (χ2v) is 12.3. The number of para-hydroxylation sites is 2. The molecule has 2 aliphatic rings. The van der Waals surface area contributed by atoms with Crippen LogP contribution in [0.2, 0.25) is 0 Å². The third-order valence-corrected chi connectivity index (χ3v) is 10.2. The molecule has 9 nitrogen and oxygen atoms in total. The third kappa shape index (κ3) is 5.37. The summed E-state index contributed by atoms with van der Waals surface area (Å²) in [5.74, 6) is -3.53. The lowest BCUT2D eigenvalue weighted by Crippen LogP contribution is -2.33. The van der Waals surface area contributed by atoms with Crippen LogP contribution in [0, 0.1) is 5.92 Å². The van der Waals surface area contributed by atoms with Crippen LogP contribution in [0.25, 0.3) is 0 Å². The first kappa shape index (κ1) is 30.5. The highest BCUT2D eigenvalue weighted by Gasteiger charge is 2.58. The van der Waals surface area contributed by atoms with Gasteiger partial charge in [0.05, 0.1) is 36.4 Å². The highest BCUT2D eigenvalue weighted by molar-refractivity contribution is 8.00. The van der Waals surface area contributed by atoms with Gasteiger partial charge in [0.15, 0.2) is 11.5 Å². The fourth-order valence-corrected chi connectivity index (χ4v) is 8.45. The van der Waals surface area contributed by atoms with Gasteiger partial charge in [-0.2, -0.15) is 13.2 Å². The molecular formula is C31H24F3N3O6S2. The molecule has 6 rings (SSSR count). The van der Waals surface area contributed by atoms with E-state index in [9.17, 15) is 32.3 Å². The number of benzene rings is 3. The topological polar surface area (TPSA) is 107 Å². The molecule has 0 saturated carbocycles. The molecule has 1 N–H and O–H groups in total. The summed E-state index contributed by atoms with van der Waals surface area (Å²) in [6.07, 6.45) is -4.83. The highest BCUT2D eigenvalue weighted by Crippen LogP contribution is 2.55. The summed E-state index contributed by atoms with van der Waals surface area (Å²) in [6, 6.07) is 17.9. The number of nitrogens with zero attached hydrogens (tertiary/aromatic N) is 2. The van der Waals surface area contributed by atoms with Gasteiger partial charge in [-0.25, -0.2) is 4.90 Å². The largest absolute Gasteiger partial charge is 0.493 e. The lowest BCUT2D eigenvalue weighted by atomic mass is 9.83. The van der Waals surface area contributed by atoms with Gasteiger partial charge in [0, 0.05) is 16.5 Å². The van der Waals surface area contributed by atoms with Crippen molar-refractivity contribution >= 4 is 52.2 Å². The Morgan fingerprint density at radius 2 is 1.60 bits per heavy atom. The Balaban J connectivity index is 1.47. The monoisotopic (exact) mass is 655 g/mol. The lowest BCUT2D eigenvalue weighted by molar-refractivity contribution is -0.137. The number of hydrogen-bond donors (Lipinski definition) is 1. The van der Waals surface area contributed by atoms with E-state index in [-0.39, 0.29) is 6.54 Å². The Morgan fingerprint density at radius 3 is 2.29 bits per heavy atom. The van der Waals surface area contributed by atoms with E-state index in [1.54, 1.807) is 48.5 Å². The number of rotatable bonds is 7. The van der Waals surface area contributed by atoms with Crippen LogP contribution in [0.15, 0.2) is 82.6 Å². The zero-order valence-electron chi connectivity index (χ0n) is 23.7. The van der Waals surface area contributed by atoms with Crippen molar-refractivity contribution < 1.29 is 37.0 Å². The summed E-state index contributed by atoms with van der Waals surface area (Å²) in [4.78, 5) is 54.9. The summed E-state index contributed by atoms with van der Waals surface area (Å²) in [6.45, 7) is -0.384. The van der Waals surface area contributed by atoms with E-state index in [0.29, 0.717) is 37.6 Å². The average Bonchev–Trinajstić information content (AvgIpc) is 3.46. The molecule has 0 spiro atoms. The third-order valence-electron chi connectivity index (χ3n) is 7.63. The normalized spacial score (nSPS) is 19.2. The summed E-state index contributed by atoms with van der Waals surface area (Å²) in [7, 11) is 2.87. The molecule has 2 aliphatic heterocycles. The number of alkyl halides is 3. The summed E-state index contributed by atoms with van der Waals surface area (Å²) in [5, 5.41) is 1.84. The maximum absolute atomic E-state index is 14.1. The number of methoxy groups -OCH3 is 2. The Bertz CT molecular complexity index is 1870. The average molecular weight is 656 g/mol. The van der Waals surface area contributed by atoms with Crippen molar-refractivity contribution in [3.05, 3.63) is 98.5 Å². The van der Waals surface area contributed by atoms with E-state index in [1.807, 2.05) is 0 Å². The van der Waals surface area contributed by atoms with Crippen molar-refractivity contribution in [1.29, 1.82) is 0 Å². The van der Waals surface area contributed by atoms with Gasteiger partial charge in [-0.05, 0) is 42.0 Å². The van der Waals surface area contributed by atoms with Crippen molar-refractivity contribution in [2.75, 3.05) is 24.4 Å². The molecule has 4 aromatic rings. The number of imide groups is 1. The van der Waals surface area contributed by atoms with Crippen LogP contribution in [0.5, 0.6) is 11.5 Å². The van der Waals surface area contributed by atoms with Crippen LogP contribution in [-0.2, 0) is 27.1 Å². The predicted molar refractivity (Wildman–Crippen MR) is 162 cm³/mol. The second-order valence-electron chi connectivity index (χ2n) is 10.2. The van der Waals surface area contributed by atoms with Gasteiger partial charge < -0.3 is 14.8 Å². The summed E-state index contributed by atoms with van der Waals surface area (Å²) >= 11 is 1.73. The number of carbonyl (C=O) groups excluding carboxylic acids is 3. The lowest BCUT2D eigenvalue weighted by Gasteiger charge is -2.31. The zero-order valence-corrected chi connectivity index (χ0v) is 25.3. The van der Waals surface area contributed by atoms with Gasteiger partial charge in [0.25, 0.3) is 0 Å². The number of amides is 3. The molecule has 0 radical (unpaired) electrons. The van der Waals surface area contributed by atoms with E-state index >= 15 is 0 Å². The molecule has 3 atom stereocenters. The smallest absolute Gasteiger partial charge is 0.418 e. The molecule has 3 amide bonds. The first-order valence-electron chi connectivity index (χ1n) is 13.5. The number of thioether (sulfide) groups is 1. The molecular weight excluding hydrogens is 631 g/mol. The predicted octanol–water partition coefficient (Wildman–Crippen LogP) is 5.38. The van der Waals surface area contributed by atoms with Crippen LogP contribution in [-0.4, -0.2) is 41.8 Å². The van der Waals surface area contributed by atoms with E-state index in [4.69, 9.17) is 9.47 Å². The number of nitrogens with one attached hydrogen (secondary N) is 1. The van der Waals surface area contributed by atoms with Crippen molar-refractivity contribution in [2.45, 2.75) is 28.9 Å². The van der Waals surface area contributed by atoms with Crippen molar-refractivity contribution in [1.82, 2.24) is 4.57 Å². The minimum absolute atomic E-state index is 0.293. The molecule has 45 heavy (non-hydrogen) atoms. The van der Waals surface area contributed by atoms with Crippen LogP contribution in [0.3, 0.4) is 0 Å². The van der Waals surface area contributed by atoms with Gasteiger partial charge in [0.1, 0.15) is 11.8 Å². The maximum Gasteiger partial charge on any atom is 0.418 e. The van der Waals surface area contributed by atoms with Crippen molar-refractivity contribution in [3.8, 4) is 11.5 Å². The number of thiazole rings is 1. The van der Waals surface area contributed by atoms with E-state index in [0.717, 1.165) is 35.2 Å². The number of ether oxygens (including phenoxy) is 2. The number of halogens is 3. The standard InChI is InChI=1S/C31H24F3N3O6S2/c1-42-20-13-12-16(14-21(20)43-2)23-24-25(28(40)37(27(24)39)19-11-7-6-10-18(19)31(32,33)34)44-29-26(23)45-30(41)36(29)15-22(38)35-17-8-4-3-5-9-17/h3-14,23-25H,15H2,1-2H3,(H,35,38)/t23-,24?,25?/m1/s1. The molecule has 232 valence electrons. The van der Waals surface area contributed by atoms with E-state index < -0.39 is 57.1 Å². The van der Waals surface area contributed by atoms with E-state index in [1.165, 1.54) is 30.9 Å². The molecule has 1 aromatic heterocycles.